The van der Waals surface area contributed by atoms with Crippen molar-refractivity contribution in [3.63, 3.8) is 0 Å². The summed E-state index contributed by atoms with van der Waals surface area (Å²) in [6.07, 6.45) is 5.55. The maximum atomic E-state index is 3.93. The summed E-state index contributed by atoms with van der Waals surface area (Å²) in [5.41, 5.74) is 2.27. The molecule has 0 fully saturated rings. The molecule has 0 aromatic carbocycles. The van der Waals surface area contributed by atoms with Crippen LogP contribution in [0.1, 0.15) is 39.5 Å². The van der Waals surface area contributed by atoms with E-state index in [9.17, 15) is 0 Å². The third-order valence-electron chi connectivity index (χ3n) is 2.19. The first kappa shape index (κ1) is 11.0. The topological polar surface area (TPSA) is 0 Å². The molecule has 0 amide bonds. The van der Waals surface area contributed by atoms with Crippen molar-refractivity contribution in [2.75, 3.05) is 0 Å². The lowest BCUT2D eigenvalue weighted by Gasteiger charge is -2.08. The molecule has 0 aliphatic carbocycles. The zero-order valence-electron chi connectivity index (χ0n) is 8.10. The molecule has 11 heavy (non-hydrogen) atoms. The van der Waals surface area contributed by atoms with Gasteiger partial charge in [-0.25, -0.2) is 0 Å². The van der Waals surface area contributed by atoms with E-state index in [1.54, 1.807) is 0 Å². The van der Waals surface area contributed by atoms with Crippen molar-refractivity contribution in [2.45, 2.75) is 51.6 Å². The molecule has 1 heteroatoms. The Labute approximate surface area is 73.3 Å². The lowest BCUT2D eigenvalue weighted by molar-refractivity contribution is 0.845. The van der Waals surface area contributed by atoms with Gasteiger partial charge in [0, 0.05) is 0 Å². The molecule has 0 aliphatic heterocycles. The van der Waals surface area contributed by atoms with Crippen LogP contribution in [-0.2, 0) is 0 Å². The first-order chi connectivity index (χ1) is 5.35. The summed E-state index contributed by atoms with van der Waals surface area (Å²) >= 11 is 0. The Hall–Kier alpha value is -0.0431. The monoisotopic (exact) mass is 170 g/mol. The fourth-order valence-corrected chi connectivity index (χ4v) is 3.94. The van der Waals surface area contributed by atoms with E-state index in [4.69, 9.17) is 0 Å². The Balaban J connectivity index is 3.33. The predicted octanol–water partition coefficient (Wildman–Crippen LogP) is 3.54. The van der Waals surface area contributed by atoms with E-state index in [-0.39, 0.29) is 0 Å². The van der Waals surface area contributed by atoms with E-state index < -0.39 is 8.80 Å². The first-order valence-electron chi connectivity index (χ1n) is 4.97. The van der Waals surface area contributed by atoms with Gasteiger partial charge in [-0.05, 0) is 0 Å². The average molecular weight is 170 g/mol. The summed E-state index contributed by atoms with van der Waals surface area (Å²) in [7, 11) is -0.484. The van der Waals surface area contributed by atoms with Gasteiger partial charge in [-0.2, -0.15) is 0 Å². The van der Waals surface area contributed by atoms with Crippen molar-refractivity contribution >= 4 is 8.80 Å². The van der Waals surface area contributed by atoms with Crippen LogP contribution < -0.4 is 0 Å². The molecule has 0 unspecified atom stereocenters. The van der Waals surface area contributed by atoms with E-state index in [0.717, 1.165) is 0 Å². The maximum Gasteiger partial charge on any atom is 0.0607 e. The van der Waals surface area contributed by atoms with Gasteiger partial charge in [-0.3, -0.25) is 0 Å². The third-order valence-corrected chi connectivity index (χ3v) is 5.16. The molecule has 0 saturated heterocycles. The molecule has 0 rings (SSSR count). The van der Waals surface area contributed by atoms with E-state index in [2.05, 4.69) is 26.1 Å². The lowest BCUT2D eigenvalue weighted by atomic mass is 10.4. The molecule has 0 aromatic rings. The third kappa shape index (κ3) is 6.36. The average Bonchev–Trinajstić information content (AvgIpc) is 2.05. The number of rotatable bonds is 7. The van der Waals surface area contributed by atoms with Gasteiger partial charge in [0.15, 0.2) is 0 Å². The number of hydrogen-bond acceptors (Lipinski definition) is 0. The van der Waals surface area contributed by atoms with E-state index in [1.807, 2.05) is 0 Å². The summed E-state index contributed by atoms with van der Waals surface area (Å²) in [4.78, 5) is 0. The van der Waals surface area contributed by atoms with Gasteiger partial charge in [-0.1, -0.05) is 51.6 Å². The van der Waals surface area contributed by atoms with Crippen molar-refractivity contribution in [1.29, 1.82) is 0 Å². The molecule has 0 aromatic heterocycles. The normalized spacial score (nSPS) is 10.5. The molecule has 0 radical (unpaired) electrons. The first-order valence-corrected chi connectivity index (χ1v) is 7.27. The minimum Gasteiger partial charge on any atom is -0.107 e. The largest absolute Gasteiger partial charge is 0.107 e. The second kappa shape index (κ2) is 8.06. The Morgan fingerprint density at radius 1 is 1.09 bits per heavy atom. The molecular formula is C10H22Si. The Kier molecular flexibility index (Phi) is 8.03. The van der Waals surface area contributed by atoms with Crippen molar-refractivity contribution in [3.8, 4) is 0 Å². The quantitative estimate of drug-likeness (QED) is 0.513. The molecule has 0 spiro atoms. The van der Waals surface area contributed by atoms with Crippen LogP contribution in [0.4, 0.5) is 0 Å². The summed E-state index contributed by atoms with van der Waals surface area (Å²) in [5.74, 6) is 0. The molecule has 0 aliphatic rings. The van der Waals surface area contributed by atoms with Crippen LogP contribution in [-0.4, -0.2) is 8.80 Å². The van der Waals surface area contributed by atoms with Crippen molar-refractivity contribution in [1.82, 2.24) is 0 Å². The highest BCUT2D eigenvalue weighted by molar-refractivity contribution is 6.64. The van der Waals surface area contributed by atoms with E-state index >= 15 is 0 Å². The highest BCUT2D eigenvalue weighted by atomic mass is 28.3. The van der Waals surface area contributed by atoms with Gasteiger partial charge >= 0.3 is 0 Å². The summed E-state index contributed by atoms with van der Waals surface area (Å²) in [6.45, 7) is 8.47. The summed E-state index contributed by atoms with van der Waals surface area (Å²) in [6, 6.07) is 2.97. The minimum absolute atomic E-state index is 0.484. The second-order valence-corrected chi connectivity index (χ2v) is 6.43. The number of unbranched alkanes of at least 4 members (excludes halogenated alkanes) is 2. The Bertz CT molecular complexity index is 80.9. The van der Waals surface area contributed by atoms with E-state index in [0.29, 0.717) is 0 Å². The lowest BCUT2D eigenvalue weighted by Crippen LogP contribution is -2.07. The minimum atomic E-state index is -0.484. The molecule has 0 heterocycles. The highest BCUT2D eigenvalue weighted by Gasteiger charge is 2.03. The summed E-state index contributed by atoms with van der Waals surface area (Å²) in [5, 5.41) is 0. The van der Waals surface area contributed by atoms with Gasteiger partial charge in [0.25, 0.3) is 0 Å². The predicted molar refractivity (Wildman–Crippen MR) is 56.8 cm³/mol. The zero-order chi connectivity index (χ0) is 8.53. The van der Waals surface area contributed by atoms with Crippen LogP contribution >= 0.6 is 0 Å². The van der Waals surface area contributed by atoms with Crippen LogP contribution in [0, 0.1) is 0 Å². The SMILES string of the molecule is C=C[SiH](CCCC)CCCC. The summed E-state index contributed by atoms with van der Waals surface area (Å²) < 4.78 is 0. The van der Waals surface area contributed by atoms with Crippen LogP contribution in [0.3, 0.4) is 0 Å². The van der Waals surface area contributed by atoms with Gasteiger partial charge in [0.05, 0.1) is 8.80 Å². The molecule has 0 saturated carbocycles. The van der Waals surface area contributed by atoms with Crippen LogP contribution in [0.15, 0.2) is 12.3 Å². The molecule has 0 bridgehead atoms. The number of hydrogen-bond donors (Lipinski definition) is 0. The standard InChI is InChI=1S/C10H22Si/c1-4-7-9-11(6-3)10-8-5-2/h6,11H,3-5,7-10H2,1-2H3. The van der Waals surface area contributed by atoms with Crippen LogP contribution in [0.2, 0.25) is 12.1 Å². The van der Waals surface area contributed by atoms with Gasteiger partial charge in [0.2, 0.25) is 0 Å². The maximum absolute atomic E-state index is 3.93. The zero-order valence-corrected chi connectivity index (χ0v) is 9.26. The molecular weight excluding hydrogens is 148 g/mol. The molecule has 0 atom stereocenters. The fourth-order valence-electron chi connectivity index (χ4n) is 1.31. The van der Waals surface area contributed by atoms with Crippen molar-refractivity contribution in [2.24, 2.45) is 0 Å². The molecule has 0 N–H and O–H groups in total. The van der Waals surface area contributed by atoms with Gasteiger partial charge < -0.3 is 0 Å². The highest BCUT2D eigenvalue weighted by Crippen LogP contribution is 2.09. The van der Waals surface area contributed by atoms with Gasteiger partial charge in [-0.15, -0.1) is 12.3 Å². The Morgan fingerprint density at radius 2 is 1.55 bits per heavy atom. The van der Waals surface area contributed by atoms with Crippen molar-refractivity contribution < 1.29 is 0 Å². The van der Waals surface area contributed by atoms with Crippen molar-refractivity contribution in [3.05, 3.63) is 12.3 Å². The second-order valence-electron chi connectivity index (χ2n) is 3.28. The van der Waals surface area contributed by atoms with Crippen LogP contribution in [0.25, 0.3) is 0 Å². The smallest absolute Gasteiger partial charge is 0.0607 e. The Morgan fingerprint density at radius 3 is 1.82 bits per heavy atom. The van der Waals surface area contributed by atoms with E-state index in [1.165, 1.54) is 37.8 Å². The molecule has 66 valence electrons. The van der Waals surface area contributed by atoms with Gasteiger partial charge in [0.1, 0.15) is 0 Å². The fraction of sp³-hybridized carbons (Fsp3) is 0.800. The molecule has 0 nitrogen and oxygen atoms in total. The van der Waals surface area contributed by atoms with Crippen LogP contribution in [0.5, 0.6) is 0 Å².